The van der Waals surface area contributed by atoms with Crippen LogP contribution < -0.4 is 4.74 Å². The third-order valence-corrected chi connectivity index (χ3v) is 5.36. The topological polar surface area (TPSA) is 79.7 Å². The van der Waals surface area contributed by atoms with Crippen molar-refractivity contribution in [1.82, 2.24) is 9.88 Å². The minimum atomic E-state index is -4.02. The van der Waals surface area contributed by atoms with Gasteiger partial charge in [0.05, 0.1) is 22.2 Å². The summed E-state index contributed by atoms with van der Waals surface area (Å²) in [6.07, 6.45) is 3.81. The highest BCUT2D eigenvalue weighted by Gasteiger charge is 2.06. The summed E-state index contributed by atoms with van der Waals surface area (Å²) >= 11 is 9.09. The van der Waals surface area contributed by atoms with E-state index in [9.17, 15) is 8.42 Å². The van der Waals surface area contributed by atoms with Gasteiger partial charge in [0, 0.05) is 0 Å². The first-order valence-corrected chi connectivity index (χ1v) is 10.8. The van der Waals surface area contributed by atoms with E-state index in [1.165, 1.54) is 12.1 Å². The molecule has 1 aromatic heterocycles. The Balaban J connectivity index is 0.000000289. The summed E-state index contributed by atoms with van der Waals surface area (Å²) in [4.78, 5) is 6.09. The molecule has 150 valence electrons. The SMILES string of the molecule is CN(C)CCCCOc1cnc(Cl)c(Br)c1.Cc1ccc(S(=O)(=O)O)cc1. The molecule has 27 heavy (non-hydrogen) atoms. The lowest BCUT2D eigenvalue weighted by Crippen LogP contribution is -2.13. The van der Waals surface area contributed by atoms with Crippen LogP contribution in [0.3, 0.4) is 0 Å². The van der Waals surface area contributed by atoms with Crippen molar-refractivity contribution < 1.29 is 17.7 Å². The summed E-state index contributed by atoms with van der Waals surface area (Å²) < 4.78 is 35.9. The van der Waals surface area contributed by atoms with Gasteiger partial charge in [-0.05, 0) is 74.5 Å². The van der Waals surface area contributed by atoms with Gasteiger partial charge in [-0.1, -0.05) is 29.3 Å². The van der Waals surface area contributed by atoms with Crippen molar-refractivity contribution in [3.8, 4) is 5.75 Å². The lowest BCUT2D eigenvalue weighted by atomic mass is 10.2. The molecule has 1 N–H and O–H groups in total. The molecule has 2 aromatic rings. The number of halogens is 2. The van der Waals surface area contributed by atoms with Gasteiger partial charge in [0.15, 0.2) is 0 Å². The molecule has 0 aliphatic carbocycles. The van der Waals surface area contributed by atoms with Crippen molar-refractivity contribution >= 4 is 37.6 Å². The molecule has 0 spiro atoms. The Morgan fingerprint density at radius 3 is 2.37 bits per heavy atom. The Labute approximate surface area is 174 Å². The smallest absolute Gasteiger partial charge is 0.294 e. The second-order valence-corrected chi connectivity index (χ2v) is 8.72. The maximum absolute atomic E-state index is 10.5. The molecule has 0 aliphatic heterocycles. The van der Waals surface area contributed by atoms with Crippen molar-refractivity contribution in [2.24, 2.45) is 0 Å². The van der Waals surface area contributed by atoms with Crippen LogP contribution in [0.5, 0.6) is 5.75 Å². The van der Waals surface area contributed by atoms with E-state index < -0.39 is 10.1 Å². The monoisotopic (exact) mass is 478 g/mol. The molecule has 9 heteroatoms. The van der Waals surface area contributed by atoms with Gasteiger partial charge in [-0.15, -0.1) is 0 Å². The number of benzene rings is 1. The Morgan fingerprint density at radius 2 is 1.85 bits per heavy atom. The van der Waals surface area contributed by atoms with Gasteiger partial charge in [-0.2, -0.15) is 8.42 Å². The summed E-state index contributed by atoms with van der Waals surface area (Å²) in [7, 11) is 0.121. The molecule has 6 nitrogen and oxygen atoms in total. The molecular formula is C18H24BrClN2O4S. The van der Waals surface area contributed by atoms with Gasteiger partial charge in [-0.3, -0.25) is 4.55 Å². The van der Waals surface area contributed by atoms with E-state index in [2.05, 4.69) is 39.9 Å². The van der Waals surface area contributed by atoms with E-state index in [1.807, 2.05) is 13.0 Å². The number of rotatable bonds is 7. The highest BCUT2D eigenvalue weighted by molar-refractivity contribution is 9.10. The third-order valence-electron chi connectivity index (χ3n) is 3.36. The zero-order valence-electron chi connectivity index (χ0n) is 15.5. The molecule has 0 aliphatic rings. The quantitative estimate of drug-likeness (QED) is 0.359. The van der Waals surface area contributed by atoms with Crippen LogP contribution in [0.1, 0.15) is 18.4 Å². The zero-order chi connectivity index (χ0) is 20.4. The maximum atomic E-state index is 10.5. The fourth-order valence-corrected chi connectivity index (χ4v) is 2.82. The van der Waals surface area contributed by atoms with Crippen molar-refractivity contribution in [3.05, 3.63) is 51.7 Å². The summed E-state index contributed by atoms with van der Waals surface area (Å²) in [5, 5.41) is 0.458. The second-order valence-electron chi connectivity index (χ2n) is 6.09. The average Bonchev–Trinajstić information content (AvgIpc) is 2.57. The lowest BCUT2D eigenvalue weighted by molar-refractivity contribution is 0.292. The first kappa shape index (κ1) is 23.8. The second kappa shape index (κ2) is 11.6. The van der Waals surface area contributed by atoms with Gasteiger partial charge >= 0.3 is 0 Å². The van der Waals surface area contributed by atoms with Crippen LogP contribution in [0.2, 0.25) is 5.15 Å². The van der Waals surface area contributed by atoms with Crippen LogP contribution in [-0.4, -0.2) is 50.1 Å². The van der Waals surface area contributed by atoms with Crippen LogP contribution in [0.4, 0.5) is 0 Å². The maximum Gasteiger partial charge on any atom is 0.294 e. The molecule has 2 rings (SSSR count). The highest BCUT2D eigenvalue weighted by Crippen LogP contribution is 2.24. The van der Waals surface area contributed by atoms with Gasteiger partial charge in [0.2, 0.25) is 0 Å². The molecule has 0 unspecified atom stereocenters. The van der Waals surface area contributed by atoms with Crippen LogP contribution >= 0.6 is 27.5 Å². The summed E-state index contributed by atoms with van der Waals surface area (Å²) in [6.45, 7) is 3.64. The van der Waals surface area contributed by atoms with Crippen molar-refractivity contribution in [2.75, 3.05) is 27.2 Å². The van der Waals surface area contributed by atoms with Crippen molar-refractivity contribution in [2.45, 2.75) is 24.7 Å². The Bertz CT molecular complexity index is 815. The lowest BCUT2D eigenvalue weighted by Gasteiger charge is -2.09. The highest BCUT2D eigenvalue weighted by atomic mass is 79.9. The number of hydrogen-bond donors (Lipinski definition) is 1. The Morgan fingerprint density at radius 1 is 1.22 bits per heavy atom. The predicted octanol–water partition coefficient (Wildman–Crippen LogP) is 4.46. The number of aryl methyl sites for hydroxylation is 1. The predicted molar refractivity (Wildman–Crippen MR) is 111 cm³/mol. The minimum Gasteiger partial charge on any atom is -0.492 e. The fourth-order valence-electron chi connectivity index (χ4n) is 1.91. The van der Waals surface area contributed by atoms with Gasteiger partial charge in [0.1, 0.15) is 10.9 Å². The number of pyridine rings is 1. The van der Waals surface area contributed by atoms with Crippen LogP contribution in [0, 0.1) is 6.92 Å². The van der Waals surface area contributed by atoms with Crippen molar-refractivity contribution in [1.29, 1.82) is 0 Å². The molecule has 0 radical (unpaired) electrons. The first-order valence-electron chi connectivity index (χ1n) is 8.22. The average molecular weight is 480 g/mol. The normalized spacial score (nSPS) is 11.1. The molecular weight excluding hydrogens is 456 g/mol. The molecule has 0 atom stereocenters. The molecule has 0 amide bonds. The Hall–Kier alpha value is -1.19. The number of unbranched alkanes of at least 4 members (excludes halogenated alkanes) is 1. The van der Waals surface area contributed by atoms with E-state index in [0.717, 1.165) is 35.2 Å². The number of nitrogens with zero attached hydrogens (tertiary/aromatic N) is 2. The Kier molecular flexibility index (Phi) is 10.3. The third kappa shape index (κ3) is 10.1. The fraction of sp³-hybridized carbons (Fsp3) is 0.389. The summed E-state index contributed by atoms with van der Waals surface area (Å²) in [5.41, 5.74) is 0.956. The number of aromatic nitrogens is 1. The van der Waals surface area contributed by atoms with Gasteiger partial charge < -0.3 is 9.64 Å². The van der Waals surface area contributed by atoms with E-state index in [0.29, 0.717) is 11.8 Å². The van der Waals surface area contributed by atoms with Crippen LogP contribution in [0.25, 0.3) is 0 Å². The molecule has 0 bridgehead atoms. The zero-order valence-corrected chi connectivity index (χ0v) is 18.7. The standard InChI is InChI=1S/C11H16BrClN2O.C7H8O3S/c1-15(2)5-3-4-6-16-9-7-10(12)11(13)14-8-9;1-6-2-4-7(5-3-6)11(8,9)10/h7-8H,3-6H2,1-2H3;2-5H,1H3,(H,8,9,10). The summed E-state index contributed by atoms with van der Waals surface area (Å²) in [5.74, 6) is 0.751. The molecule has 0 saturated heterocycles. The van der Waals surface area contributed by atoms with Gasteiger partial charge in [0.25, 0.3) is 10.1 Å². The molecule has 1 aromatic carbocycles. The molecule has 0 fully saturated rings. The van der Waals surface area contributed by atoms with E-state index in [-0.39, 0.29) is 4.90 Å². The van der Waals surface area contributed by atoms with Crippen LogP contribution in [-0.2, 0) is 10.1 Å². The number of ether oxygens (including phenoxy) is 1. The van der Waals surface area contributed by atoms with Gasteiger partial charge in [-0.25, -0.2) is 4.98 Å². The molecule has 0 saturated carbocycles. The molecule has 1 heterocycles. The minimum absolute atomic E-state index is 0.0666. The van der Waals surface area contributed by atoms with E-state index in [1.54, 1.807) is 18.3 Å². The largest absolute Gasteiger partial charge is 0.492 e. The van der Waals surface area contributed by atoms with Crippen molar-refractivity contribution in [3.63, 3.8) is 0 Å². The number of hydrogen-bond acceptors (Lipinski definition) is 5. The van der Waals surface area contributed by atoms with E-state index >= 15 is 0 Å². The summed E-state index contributed by atoms with van der Waals surface area (Å²) in [6, 6.07) is 7.82. The van der Waals surface area contributed by atoms with Crippen LogP contribution in [0.15, 0.2) is 45.9 Å². The first-order chi connectivity index (χ1) is 12.6. The van der Waals surface area contributed by atoms with E-state index in [4.69, 9.17) is 20.9 Å².